The first-order valence-electron chi connectivity index (χ1n) is 6.90. The molecule has 1 N–H and O–H groups in total. The van der Waals surface area contributed by atoms with Crippen molar-refractivity contribution in [2.45, 2.75) is 46.5 Å². The zero-order valence-electron chi connectivity index (χ0n) is 12.0. The normalized spacial score (nSPS) is 10.7. The molecule has 0 aliphatic rings. The topological polar surface area (TPSA) is 59.4 Å². The molecular formula is C15H23NO3. The van der Waals surface area contributed by atoms with E-state index in [9.17, 15) is 4.79 Å². The van der Waals surface area contributed by atoms with E-state index in [4.69, 9.17) is 9.84 Å². The van der Waals surface area contributed by atoms with Gasteiger partial charge in [-0.25, -0.2) is 9.78 Å². The van der Waals surface area contributed by atoms with E-state index in [0.717, 1.165) is 31.4 Å². The average molecular weight is 265 g/mol. The Morgan fingerprint density at radius 1 is 1.42 bits per heavy atom. The Morgan fingerprint density at radius 2 is 2.16 bits per heavy atom. The third-order valence-corrected chi connectivity index (χ3v) is 2.78. The highest BCUT2D eigenvalue weighted by atomic mass is 16.5. The van der Waals surface area contributed by atoms with Crippen LogP contribution in [0.15, 0.2) is 12.1 Å². The molecule has 0 aromatic carbocycles. The average Bonchev–Trinajstić information content (AvgIpc) is 2.34. The number of hydrogen-bond acceptors (Lipinski definition) is 3. The summed E-state index contributed by atoms with van der Waals surface area (Å²) in [4.78, 5) is 15.4. The van der Waals surface area contributed by atoms with Crippen molar-refractivity contribution in [3.05, 3.63) is 23.4 Å². The Balaban J connectivity index is 2.67. The number of nitrogens with zero attached hydrogens (tertiary/aromatic N) is 1. The molecule has 0 saturated heterocycles. The van der Waals surface area contributed by atoms with Gasteiger partial charge in [-0.2, -0.15) is 0 Å². The number of rotatable bonds is 8. The van der Waals surface area contributed by atoms with Gasteiger partial charge in [0.25, 0.3) is 0 Å². The Labute approximate surface area is 114 Å². The van der Waals surface area contributed by atoms with E-state index in [1.165, 1.54) is 6.07 Å². The monoisotopic (exact) mass is 265 g/mol. The van der Waals surface area contributed by atoms with E-state index in [1.54, 1.807) is 6.07 Å². The molecule has 0 aliphatic heterocycles. The van der Waals surface area contributed by atoms with Crippen LogP contribution < -0.4 is 4.74 Å². The quantitative estimate of drug-likeness (QED) is 0.730. The zero-order chi connectivity index (χ0) is 14.3. The first kappa shape index (κ1) is 15.5. The number of aryl methyl sites for hydroxylation is 1. The van der Waals surface area contributed by atoms with Crippen LogP contribution >= 0.6 is 0 Å². The molecular weight excluding hydrogens is 242 g/mol. The lowest BCUT2D eigenvalue weighted by molar-refractivity contribution is 0.0696. The SMILES string of the molecule is CCCc1cc(C(=O)O)cc(OCCCC(C)C)n1. The first-order chi connectivity index (χ1) is 9.02. The van der Waals surface area contributed by atoms with Gasteiger partial charge < -0.3 is 9.84 Å². The summed E-state index contributed by atoms with van der Waals surface area (Å²) in [5.41, 5.74) is 1.03. The fourth-order valence-corrected chi connectivity index (χ4v) is 1.81. The van der Waals surface area contributed by atoms with Crippen LogP contribution in [-0.4, -0.2) is 22.7 Å². The summed E-state index contributed by atoms with van der Waals surface area (Å²) in [7, 11) is 0. The van der Waals surface area contributed by atoms with Gasteiger partial charge in [-0.05, 0) is 31.2 Å². The molecule has 19 heavy (non-hydrogen) atoms. The number of carbonyl (C=O) groups is 1. The summed E-state index contributed by atoms with van der Waals surface area (Å²) in [6, 6.07) is 3.11. The Hall–Kier alpha value is -1.58. The maximum absolute atomic E-state index is 11.0. The van der Waals surface area contributed by atoms with Crippen molar-refractivity contribution >= 4 is 5.97 Å². The zero-order valence-corrected chi connectivity index (χ0v) is 12.0. The van der Waals surface area contributed by atoms with Crippen LogP contribution in [0.1, 0.15) is 56.1 Å². The molecule has 4 heteroatoms. The van der Waals surface area contributed by atoms with Crippen molar-refractivity contribution in [1.29, 1.82) is 0 Å². The number of pyridine rings is 1. The molecule has 0 amide bonds. The third-order valence-electron chi connectivity index (χ3n) is 2.78. The fraction of sp³-hybridized carbons (Fsp3) is 0.600. The lowest BCUT2D eigenvalue weighted by atomic mass is 10.1. The van der Waals surface area contributed by atoms with Gasteiger partial charge in [0.2, 0.25) is 5.88 Å². The van der Waals surface area contributed by atoms with E-state index >= 15 is 0 Å². The number of hydrogen-bond donors (Lipinski definition) is 1. The van der Waals surface area contributed by atoms with Crippen LogP contribution in [0.2, 0.25) is 0 Å². The molecule has 0 unspecified atom stereocenters. The van der Waals surface area contributed by atoms with E-state index in [0.29, 0.717) is 18.4 Å². The second-order valence-electron chi connectivity index (χ2n) is 5.13. The highest BCUT2D eigenvalue weighted by molar-refractivity contribution is 5.88. The second kappa shape index (κ2) is 7.77. The highest BCUT2D eigenvalue weighted by Crippen LogP contribution is 2.15. The van der Waals surface area contributed by atoms with Crippen molar-refractivity contribution in [2.24, 2.45) is 5.92 Å². The summed E-state index contributed by atoms with van der Waals surface area (Å²) in [6.07, 6.45) is 3.76. The van der Waals surface area contributed by atoms with Crippen LogP contribution in [0.3, 0.4) is 0 Å². The van der Waals surface area contributed by atoms with Gasteiger partial charge >= 0.3 is 5.97 Å². The molecule has 0 bridgehead atoms. The largest absolute Gasteiger partial charge is 0.478 e. The van der Waals surface area contributed by atoms with Crippen LogP contribution in [0, 0.1) is 5.92 Å². The smallest absolute Gasteiger partial charge is 0.335 e. The Bertz CT molecular complexity index is 416. The summed E-state index contributed by atoms with van der Waals surface area (Å²) in [6.45, 7) is 6.96. The maximum atomic E-state index is 11.0. The summed E-state index contributed by atoms with van der Waals surface area (Å²) < 4.78 is 5.56. The van der Waals surface area contributed by atoms with Gasteiger partial charge in [0.1, 0.15) is 0 Å². The van der Waals surface area contributed by atoms with Gasteiger partial charge in [-0.15, -0.1) is 0 Å². The molecule has 0 fully saturated rings. The molecule has 0 saturated carbocycles. The van der Waals surface area contributed by atoms with Crippen molar-refractivity contribution in [3.63, 3.8) is 0 Å². The molecule has 4 nitrogen and oxygen atoms in total. The van der Waals surface area contributed by atoms with Crippen LogP contribution in [0.25, 0.3) is 0 Å². The summed E-state index contributed by atoms with van der Waals surface area (Å²) in [5.74, 6) is 0.136. The number of carboxylic acids is 1. The highest BCUT2D eigenvalue weighted by Gasteiger charge is 2.09. The Morgan fingerprint density at radius 3 is 2.74 bits per heavy atom. The number of carboxylic acid groups (broad SMARTS) is 1. The molecule has 0 aliphatic carbocycles. The molecule has 1 rings (SSSR count). The minimum Gasteiger partial charge on any atom is -0.478 e. The van der Waals surface area contributed by atoms with Gasteiger partial charge in [0.15, 0.2) is 0 Å². The molecule has 1 aromatic heterocycles. The molecule has 0 radical (unpaired) electrons. The van der Waals surface area contributed by atoms with Crippen molar-refractivity contribution < 1.29 is 14.6 Å². The van der Waals surface area contributed by atoms with Gasteiger partial charge in [-0.3, -0.25) is 0 Å². The number of ether oxygens (including phenoxy) is 1. The Kier molecular flexibility index (Phi) is 6.33. The van der Waals surface area contributed by atoms with Crippen molar-refractivity contribution in [3.8, 4) is 5.88 Å². The summed E-state index contributed by atoms with van der Waals surface area (Å²) >= 11 is 0. The van der Waals surface area contributed by atoms with E-state index < -0.39 is 5.97 Å². The second-order valence-corrected chi connectivity index (χ2v) is 5.13. The minimum absolute atomic E-state index is 0.248. The lowest BCUT2D eigenvalue weighted by Crippen LogP contribution is -2.05. The fourth-order valence-electron chi connectivity index (χ4n) is 1.81. The maximum Gasteiger partial charge on any atom is 0.335 e. The molecule has 1 aromatic rings. The van der Waals surface area contributed by atoms with Gasteiger partial charge in [-0.1, -0.05) is 27.2 Å². The molecule has 0 atom stereocenters. The molecule has 106 valence electrons. The van der Waals surface area contributed by atoms with Gasteiger partial charge in [0.05, 0.1) is 12.2 Å². The van der Waals surface area contributed by atoms with Crippen molar-refractivity contribution in [2.75, 3.05) is 6.61 Å². The lowest BCUT2D eigenvalue weighted by Gasteiger charge is -2.09. The van der Waals surface area contributed by atoms with E-state index in [1.807, 2.05) is 6.92 Å². The standard InChI is InChI=1S/C15H23NO3/c1-4-6-13-9-12(15(17)18)10-14(16-13)19-8-5-7-11(2)3/h9-11H,4-8H2,1-3H3,(H,17,18). The van der Waals surface area contributed by atoms with Crippen LogP contribution in [0.4, 0.5) is 0 Å². The first-order valence-corrected chi connectivity index (χ1v) is 6.90. The van der Waals surface area contributed by atoms with E-state index in [2.05, 4.69) is 18.8 Å². The molecule has 0 spiro atoms. The predicted octanol–water partition coefficient (Wildman–Crippen LogP) is 3.55. The van der Waals surface area contributed by atoms with Crippen LogP contribution in [0.5, 0.6) is 5.88 Å². The minimum atomic E-state index is -0.938. The number of aromatic carboxylic acids is 1. The molecule has 1 heterocycles. The van der Waals surface area contributed by atoms with E-state index in [-0.39, 0.29) is 5.56 Å². The van der Waals surface area contributed by atoms with Crippen LogP contribution in [-0.2, 0) is 6.42 Å². The predicted molar refractivity (Wildman–Crippen MR) is 74.8 cm³/mol. The summed E-state index contributed by atoms with van der Waals surface area (Å²) in [5, 5.41) is 9.06. The van der Waals surface area contributed by atoms with Gasteiger partial charge in [0, 0.05) is 11.8 Å². The number of aromatic nitrogens is 1. The third kappa shape index (κ3) is 5.73. The van der Waals surface area contributed by atoms with Crippen molar-refractivity contribution in [1.82, 2.24) is 4.98 Å².